The SMILES string of the molecule is O=C(c1ccc(OC(F)(F)F)c(Cl)c1)N1CCC(c2cc(NCCO)on2)CC1. The monoisotopic (exact) mass is 433 g/mol. The molecule has 11 heteroatoms. The molecule has 0 saturated carbocycles. The standard InChI is InChI=1S/C18H19ClF3N3O4/c19-13-9-12(1-2-15(13)28-18(20,21)22)17(27)25-6-3-11(4-7-25)14-10-16(29-24-14)23-5-8-26/h1-2,9-11,23,26H,3-8H2. The van der Waals surface area contributed by atoms with Crippen molar-refractivity contribution in [1.29, 1.82) is 0 Å². The second-order valence-electron chi connectivity index (χ2n) is 6.53. The fourth-order valence-corrected chi connectivity index (χ4v) is 3.37. The molecule has 0 atom stereocenters. The number of halogens is 4. The molecule has 2 heterocycles. The lowest BCUT2D eigenvalue weighted by atomic mass is 9.93. The number of aliphatic hydroxyl groups is 1. The van der Waals surface area contributed by atoms with Crippen LogP contribution in [0.3, 0.4) is 0 Å². The van der Waals surface area contributed by atoms with E-state index >= 15 is 0 Å². The van der Waals surface area contributed by atoms with Gasteiger partial charge in [-0.25, -0.2) is 0 Å². The minimum Gasteiger partial charge on any atom is -0.404 e. The molecular weight excluding hydrogens is 415 g/mol. The number of piperidine rings is 1. The second-order valence-corrected chi connectivity index (χ2v) is 6.93. The van der Waals surface area contributed by atoms with Gasteiger partial charge in [0.25, 0.3) is 5.91 Å². The van der Waals surface area contributed by atoms with Crippen LogP contribution >= 0.6 is 11.6 Å². The summed E-state index contributed by atoms with van der Waals surface area (Å²) in [6.45, 7) is 1.27. The maximum Gasteiger partial charge on any atom is 0.573 e. The first-order chi connectivity index (χ1) is 13.8. The first-order valence-corrected chi connectivity index (χ1v) is 9.30. The quantitative estimate of drug-likeness (QED) is 0.723. The number of aromatic nitrogens is 1. The number of likely N-dealkylation sites (tertiary alicyclic amines) is 1. The van der Waals surface area contributed by atoms with E-state index in [0.29, 0.717) is 38.4 Å². The zero-order valence-corrected chi connectivity index (χ0v) is 16.0. The van der Waals surface area contributed by atoms with Gasteiger partial charge in [-0.2, -0.15) is 0 Å². The van der Waals surface area contributed by atoms with Gasteiger partial charge in [-0.05, 0) is 31.0 Å². The normalized spacial score (nSPS) is 15.4. The van der Waals surface area contributed by atoms with Gasteiger partial charge in [0.1, 0.15) is 5.75 Å². The van der Waals surface area contributed by atoms with Crippen LogP contribution in [-0.2, 0) is 0 Å². The molecule has 7 nitrogen and oxygen atoms in total. The molecule has 0 spiro atoms. The van der Waals surface area contributed by atoms with E-state index in [1.165, 1.54) is 12.1 Å². The van der Waals surface area contributed by atoms with Crippen molar-refractivity contribution in [2.24, 2.45) is 0 Å². The minimum atomic E-state index is -4.86. The van der Waals surface area contributed by atoms with Crippen molar-refractivity contribution in [1.82, 2.24) is 10.1 Å². The number of nitrogens with one attached hydrogen (secondary N) is 1. The Bertz CT molecular complexity index is 851. The van der Waals surface area contributed by atoms with E-state index < -0.39 is 12.1 Å². The Hall–Kier alpha value is -2.46. The molecule has 2 aromatic rings. The van der Waals surface area contributed by atoms with Gasteiger partial charge in [0.15, 0.2) is 0 Å². The Labute approximate surface area is 169 Å². The van der Waals surface area contributed by atoms with Crippen LogP contribution in [0.1, 0.15) is 34.8 Å². The number of nitrogens with zero attached hydrogens (tertiary/aromatic N) is 2. The number of ether oxygens (including phenoxy) is 1. The van der Waals surface area contributed by atoms with Crippen LogP contribution in [0.15, 0.2) is 28.8 Å². The Morgan fingerprint density at radius 3 is 2.69 bits per heavy atom. The first-order valence-electron chi connectivity index (χ1n) is 8.93. The van der Waals surface area contributed by atoms with Crippen LogP contribution in [0.4, 0.5) is 19.1 Å². The highest BCUT2D eigenvalue weighted by atomic mass is 35.5. The van der Waals surface area contributed by atoms with E-state index in [9.17, 15) is 18.0 Å². The smallest absolute Gasteiger partial charge is 0.404 e. The first kappa shape index (κ1) is 21.3. The molecule has 1 aromatic carbocycles. The minimum absolute atomic E-state index is 0.0239. The Morgan fingerprint density at radius 1 is 1.34 bits per heavy atom. The lowest BCUT2D eigenvalue weighted by Gasteiger charge is -2.31. The van der Waals surface area contributed by atoms with Crippen molar-refractivity contribution in [2.45, 2.75) is 25.1 Å². The van der Waals surface area contributed by atoms with Gasteiger partial charge >= 0.3 is 6.36 Å². The molecule has 1 amide bonds. The third kappa shape index (κ3) is 5.54. The van der Waals surface area contributed by atoms with Gasteiger partial charge in [-0.1, -0.05) is 16.8 Å². The number of carbonyl (C=O) groups excluding carboxylic acids is 1. The van der Waals surface area contributed by atoms with Crippen LogP contribution in [0.25, 0.3) is 0 Å². The molecule has 0 aliphatic carbocycles. The van der Waals surface area contributed by atoms with E-state index in [4.69, 9.17) is 21.2 Å². The fraction of sp³-hybridized carbons (Fsp3) is 0.444. The zero-order valence-electron chi connectivity index (χ0n) is 15.2. The van der Waals surface area contributed by atoms with Gasteiger partial charge in [0.05, 0.1) is 17.3 Å². The molecule has 158 valence electrons. The molecule has 1 fully saturated rings. The van der Waals surface area contributed by atoms with E-state index in [2.05, 4.69) is 15.2 Å². The summed E-state index contributed by atoms with van der Waals surface area (Å²) < 4.78 is 46.0. The lowest BCUT2D eigenvalue weighted by molar-refractivity contribution is -0.274. The fourth-order valence-electron chi connectivity index (χ4n) is 3.15. The molecule has 29 heavy (non-hydrogen) atoms. The Morgan fingerprint density at radius 2 is 2.07 bits per heavy atom. The molecule has 1 aliphatic heterocycles. The van der Waals surface area contributed by atoms with Crippen LogP contribution < -0.4 is 10.1 Å². The number of alkyl halides is 3. The number of hydrogen-bond acceptors (Lipinski definition) is 6. The molecule has 0 radical (unpaired) electrons. The van der Waals surface area contributed by atoms with Crippen LogP contribution in [0, 0.1) is 0 Å². The summed E-state index contributed by atoms with van der Waals surface area (Å²) in [5, 5.41) is 15.4. The molecular formula is C18H19ClF3N3O4. The highest BCUT2D eigenvalue weighted by Crippen LogP contribution is 2.32. The summed E-state index contributed by atoms with van der Waals surface area (Å²) in [6.07, 6.45) is -3.52. The van der Waals surface area contributed by atoms with Gasteiger partial charge in [0.2, 0.25) is 5.88 Å². The maximum absolute atomic E-state index is 12.7. The van der Waals surface area contributed by atoms with Gasteiger partial charge < -0.3 is 24.6 Å². The highest BCUT2D eigenvalue weighted by molar-refractivity contribution is 6.32. The molecule has 0 bridgehead atoms. The third-order valence-electron chi connectivity index (χ3n) is 4.54. The van der Waals surface area contributed by atoms with Gasteiger partial charge in [0, 0.05) is 37.2 Å². The number of benzene rings is 1. The van der Waals surface area contributed by atoms with Crippen molar-refractivity contribution in [3.63, 3.8) is 0 Å². The average molecular weight is 434 g/mol. The van der Waals surface area contributed by atoms with Crippen LogP contribution in [-0.4, -0.2) is 53.7 Å². The van der Waals surface area contributed by atoms with Gasteiger partial charge in [-0.3, -0.25) is 4.79 Å². The molecule has 3 rings (SSSR count). The van der Waals surface area contributed by atoms with Crippen LogP contribution in [0.5, 0.6) is 5.75 Å². The zero-order chi connectivity index (χ0) is 21.0. The predicted molar refractivity (Wildman–Crippen MR) is 98.1 cm³/mol. The molecule has 1 aromatic heterocycles. The number of amides is 1. The summed E-state index contributed by atoms with van der Waals surface area (Å²) >= 11 is 5.82. The van der Waals surface area contributed by atoms with Crippen LogP contribution in [0.2, 0.25) is 5.02 Å². The molecule has 0 unspecified atom stereocenters. The second kappa shape index (κ2) is 8.91. The highest BCUT2D eigenvalue weighted by Gasteiger charge is 2.32. The number of aliphatic hydroxyl groups excluding tert-OH is 1. The average Bonchev–Trinajstić information content (AvgIpc) is 3.15. The third-order valence-corrected chi connectivity index (χ3v) is 4.84. The predicted octanol–water partition coefficient (Wildman–Crippen LogP) is 3.65. The maximum atomic E-state index is 12.7. The van der Waals surface area contributed by atoms with Crippen molar-refractivity contribution in [2.75, 3.05) is 31.6 Å². The van der Waals surface area contributed by atoms with Crippen molar-refractivity contribution in [3.8, 4) is 5.75 Å². The van der Waals surface area contributed by atoms with Gasteiger partial charge in [-0.15, -0.1) is 13.2 Å². The number of rotatable bonds is 6. The van der Waals surface area contributed by atoms with E-state index in [0.717, 1.165) is 11.8 Å². The topological polar surface area (TPSA) is 87.8 Å². The Balaban J connectivity index is 1.58. The van der Waals surface area contributed by atoms with Crippen molar-refractivity contribution < 1.29 is 32.3 Å². The molecule has 1 saturated heterocycles. The summed E-state index contributed by atoms with van der Waals surface area (Å²) in [5.74, 6) is -0.262. The molecule has 2 N–H and O–H groups in total. The summed E-state index contributed by atoms with van der Waals surface area (Å²) in [5.41, 5.74) is 0.967. The number of anilines is 1. The summed E-state index contributed by atoms with van der Waals surface area (Å²) in [4.78, 5) is 14.3. The summed E-state index contributed by atoms with van der Waals surface area (Å²) in [6, 6.07) is 5.25. The van der Waals surface area contributed by atoms with E-state index in [1.807, 2.05) is 0 Å². The Kier molecular flexibility index (Phi) is 6.53. The largest absolute Gasteiger partial charge is 0.573 e. The number of hydrogen-bond donors (Lipinski definition) is 2. The van der Waals surface area contributed by atoms with Crippen molar-refractivity contribution >= 4 is 23.4 Å². The lowest BCUT2D eigenvalue weighted by Crippen LogP contribution is -2.38. The summed E-state index contributed by atoms with van der Waals surface area (Å²) in [7, 11) is 0. The van der Waals surface area contributed by atoms with Crippen molar-refractivity contribution in [3.05, 3.63) is 40.5 Å². The number of carbonyl (C=O) groups is 1. The van der Waals surface area contributed by atoms with E-state index in [-0.39, 0.29) is 29.0 Å². The molecule has 1 aliphatic rings. The van der Waals surface area contributed by atoms with E-state index in [1.54, 1.807) is 11.0 Å².